The largest absolute Gasteiger partial charge is 0.507 e. The molecule has 2 aromatic rings. The second-order valence-electron chi connectivity index (χ2n) is 5.30. The van der Waals surface area contributed by atoms with Crippen LogP contribution in [0.1, 0.15) is 11.1 Å². The van der Waals surface area contributed by atoms with E-state index in [1.807, 2.05) is 19.1 Å². The van der Waals surface area contributed by atoms with Crippen LogP contribution < -0.4 is 10.2 Å². The molecule has 1 fully saturated rings. The molecule has 0 bridgehead atoms. The number of para-hydroxylation sites is 2. The van der Waals surface area contributed by atoms with Crippen LogP contribution in [0.4, 0.5) is 5.69 Å². The minimum Gasteiger partial charge on any atom is -0.507 e. The van der Waals surface area contributed by atoms with Gasteiger partial charge in [0.05, 0.1) is 5.69 Å². The first-order chi connectivity index (χ1) is 11.5. The molecule has 0 radical (unpaired) electrons. The van der Waals surface area contributed by atoms with Gasteiger partial charge in [0.2, 0.25) is 0 Å². The van der Waals surface area contributed by atoms with Crippen LogP contribution in [0, 0.1) is 6.92 Å². The highest BCUT2D eigenvalue weighted by atomic mass is 32.1. The van der Waals surface area contributed by atoms with Gasteiger partial charge in [0.15, 0.2) is 5.11 Å². The first-order valence-electron chi connectivity index (χ1n) is 7.24. The molecule has 0 atom stereocenters. The molecule has 0 aliphatic carbocycles. The van der Waals surface area contributed by atoms with Crippen LogP contribution in [-0.4, -0.2) is 22.0 Å². The van der Waals surface area contributed by atoms with Crippen molar-refractivity contribution < 1.29 is 14.7 Å². The van der Waals surface area contributed by atoms with Crippen molar-refractivity contribution in [1.29, 1.82) is 0 Å². The molecular weight excluding hydrogens is 324 g/mol. The number of nitrogens with zero attached hydrogens (tertiary/aromatic N) is 1. The van der Waals surface area contributed by atoms with Crippen LogP contribution in [0.15, 0.2) is 54.1 Å². The molecule has 5 nitrogen and oxygen atoms in total. The van der Waals surface area contributed by atoms with E-state index in [-0.39, 0.29) is 16.4 Å². The summed E-state index contributed by atoms with van der Waals surface area (Å²) in [7, 11) is 0. The Kier molecular flexibility index (Phi) is 4.14. The van der Waals surface area contributed by atoms with Gasteiger partial charge in [0, 0.05) is 5.56 Å². The van der Waals surface area contributed by atoms with Gasteiger partial charge < -0.3 is 5.11 Å². The van der Waals surface area contributed by atoms with E-state index in [0.29, 0.717) is 11.3 Å². The van der Waals surface area contributed by atoms with Crippen molar-refractivity contribution >= 4 is 40.9 Å². The minimum absolute atomic E-state index is 0.0128. The topological polar surface area (TPSA) is 69.6 Å². The first kappa shape index (κ1) is 15.9. The average molecular weight is 338 g/mol. The van der Waals surface area contributed by atoms with Gasteiger partial charge in [0.1, 0.15) is 11.3 Å². The van der Waals surface area contributed by atoms with E-state index in [4.69, 9.17) is 12.2 Å². The minimum atomic E-state index is -0.585. The number of phenols is 1. The number of hydrogen-bond donors (Lipinski definition) is 2. The number of hydrogen-bond acceptors (Lipinski definition) is 4. The molecular formula is C18H14N2O3S. The van der Waals surface area contributed by atoms with E-state index >= 15 is 0 Å². The van der Waals surface area contributed by atoms with Gasteiger partial charge in [-0.3, -0.25) is 19.8 Å². The molecule has 120 valence electrons. The third kappa shape index (κ3) is 2.79. The quantitative estimate of drug-likeness (QED) is 0.502. The lowest BCUT2D eigenvalue weighted by atomic mass is 10.1. The molecule has 1 heterocycles. The number of phenolic OH excluding ortho intramolecular Hbond substituents is 1. The third-order valence-corrected chi connectivity index (χ3v) is 3.98. The lowest BCUT2D eigenvalue weighted by molar-refractivity contribution is -0.122. The summed E-state index contributed by atoms with van der Waals surface area (Å²) in [4.78, 5) is 26.3. The predicted octanol–water partition coefficient (Wildman–Crippen LogP) is 2.53. The Morgan fingerprint density at radius 3 is 2.46 bits per heavy atom. The lowest BCUT2D eigenvalue weighted by Crippen LogP contribution is -2.54. The number of aromatic hydroxyl groups is 1. The highest BCUT2D eigenvalue weighted by Gasteiger charge is 2.35. The lowest BCUT2D eigenvalue weighted by Gasteiger charge is -2.30. The number of amides is 2. The average Bonchev–Trinajstić information content (AvgIpc) is 2.54. The molecule has 2 amide bonds. The molecule has 24 heavy (non-hydrogen) atoms. The van der Waals surface area contributed by atoms with Crippen LogP contribution in [0.25, 0.3) is 6.08 Å². The monoisotopic (exact) mass is 338 g/mol. The summed E-state index contributed by atoms with van der Waals surface area (Å²) in [6.45, 7) is 1.86. The number of benzene rings is 2. The molecule has 2 N–H and O–H groups in total. The second-order valence-corrected chi connectivity index (χ2v) is 5.69. The number of thiocarbonyl (C=S) groups is 1. The number of nitrogens with one attached hydrogen (secondary N) is 1. The number of rotatable bonds is 2. The Morgan fingerprint density at radius 1 is 1.08 bits per heavy atom. The number of anilines is 1. The van der Waals surface area contributed by atoms with E-state index in [1.54, 1.807) is 30.3 Å². The summed E-state index contributed by atoms with van der Waals surface area (Å²) in [5.74, 6) is -1.12. The van der Waals surface area contributed by atoms with Crippen molar-refractivity contribution in [3.63, 3.8) is 0 Å². The van der Waals surface area contributed by atoms with Crippen molar-refractivity contribution in [2.45, 2.75) is 6.92 Å². The van der Waals surface area contributed by atoms with Gasteiger partial charge >= 0.3 is 0 Å². The SMILES string of the molecule is Cc1ccccc1N1C(=O)C(=Cc2ccccc2O)C(=O)NC1=S. The number of carbonyl (C=O) groups is 2. The molecule has 0 saturated carbocycles. The predicted molar refractivity (Wildman–Crippen MR) is 95.5 cm³/mol. The summed E-state index contributed by atoms with van der Waals surface area (Å²) < 4.78 is 0. The van der Waals surface area contributed by atoms with Crippen LogP contribution in [0.2, 0.25) is 0 Å². The summed E-state index contributed by atoms with van der Waals surface area (Å²) in [6.07, 6.45) is 1.36. The third-order valence-electron chi connectivity index (χ3n) is 3.69. The van der Waals surface area contributed by atoms with Crippen molar-refractivity contribution in [3.05, 3.63) is 65.2 Å². The molecule has 0 unspecified atom stereocenters. The van der Waals surface area contributed by atoms with Gasteiger partial charge in [-0.05, 0) is 42.9 Å². The zero-order chi connectivity index (χ0) is 17.3. The zero-order valence-electron chi connectivity index (χ0n) is 12.8. The van der Waals surface area contributed by atoms with Crippen molar-refractivity contribution in [1.82, 2.24) is 5.32 Å². The highest BCUT2D eigenvalue weighted by molar-refractivity contribution is 7.80. The molecule has 2 aromatic carbocycles. The Labute approximate surface area is 144 Å². The second kappa shape index (κ2) is 6.25. The molecule has 0 aromatic heterocycles. The molecule has 1 saturated heterocycles. The maximum Gasteiger partial charge on any atom is 0.270 e. The summed E-state index contributed by atoms with van der Waals surface area (Å²) in [5, 5.41) is 12.4. The number of carbonyl (C=O) groups excluding carboxylic acids is 2. The van der Waals surface area contributed by atoms with E-state index in [1.165, 1.54) is 17.0 Å². The van der Waals surface area contributed by atoms with Crippen molar-refractivity contribution in [2.75, 3.05) is 4.90 Å². The van der Waals surface area contributed by atoms with Crippen LogP contribution in [0.3, 0.4) is 0 Å². The van der Waals surface area contributed by atoms with Gasteiger partial charge in [-0.15, -0.1) is 0 Å². The van der Waals surface area contributed by atoms with Crippen LogP contribution >= 0.6 is 12.2 Å². The van der Waals surface area contributed by atoms with Gasteiger partial charge in [-0.2, -0.15) is 0 Å². The molecule has 3 rings (SSSR count). The van der Waals surface area contributed by atoms with Gasteiger partial charge in [-0.1, -0.05) is 36.4 Å². The Balaban J connectivity index is 2.07. The maximum absolute atomic E-state index is 12.8. The van der Waals surface area contributed by atoms with Gasteiger partial charge in [-0.25, -0.2) is 0 Å². The van der Waals surface area contributed by atoms with Crippen molar-refractivity contribution in [2.24, 2.45) is 0 Å². The molecule has 0 spiro atoms. The van der Waals surface area contributed by atoms with E-state index < -0.39 is 11.8 Å². The standard InChI is InChI=1S/C18H14N2O3S/c1-11-6-2-4-8-14(11)20-17(23)13(16(22)19-18(20)24)10-12-7-3-5-9-15(12)21/h2-10,21H,1H3,(H,19,22,24). The Bertz CT molecular complexity index is 889. The Morgan fingerprint density at radius 2 is 1.75 bits per heavy atom. The molecule has 1 aliphatic heterocycles. The summed E-state index contributed by atoms with van der Waals surface area (Å²) >= 11 is 5.16. The highest BCUT2D eigenvalue weighted by Crippen LogP contribution is 2.26. The number of aryl methyl sites for hydroxylation is 1. The van der Waals surface area contributed by atoms with Gasteiger partial charge in [0.25, 0.3) is 11.8 Å². The van der Waals surface area contributed by atoms with Crippen molar-refractivity contribution in [3.8, 4) is 5.75 Å². The van der Waals surface area contributed by atoms with E-state index in [9.17, 15) is 14.7 Å². The van der Waals surface area contributed by atoms with E-state index in [2.05, 4.69) is 5.32 Å². The van der Waals surface area contributed by atoms with Crippen LogP contribution in [-0.2, 0) is 9.59 Å². The zero-order valence-corrected chi connectivity index (χ0v) is 13.6. The molecule has 1 aliphatic rings. The fraction of sp³-hybridized carbons (Fsp3) is 0.0556. The smallest absolute Gasteiger partial charge is 0.270 e. The summed E-state index contributed by atoms with van der Waals surface area (Å²) in [5.41, 5.74) is 1.75. The first-order valence-corrected chi connectivity index (χ1v) is 7.65. The summed E-state index contributed by atoms with van der Waals surface area (Å²) in [6, 6.07) is 13.7. The molecule has 6 heteroatoms. The van der Waals surface area contributed by atoms with E-state index in [0.717, 1.165) is 5.56 Å². The fourth-order valence-electron chi connectivity index (χ4n) is 2.46. The fourth-order valence-corrected chi connectivity index (χ4v) is 2.73. The maximum atomic E-state index is 12.8. The Hall–Kier alpha value is -2.99. The normalized spacial score (nSPS) is 16.5. The van der Waals surface area contributed by atoms with Crippen LogP contribution in [0.5, 0.6) is 5.75 Å².